The molecule has 0 saturated heterocycles. The average Bonchev–Trinajstić information content (AvgIpc) is 3.02. The molecule has 3 aromatic rings. The van der Waals surface area contributed by atoms with Gasteiger partial charge in [-0.1, -0.05) is 50.0 Å². The maximum Gasteiger partial charge on any atom is 0.338 e. The van der Waals surface area contributed by atoms with Crippen LogP contribution in [0.1, 0.15) is 49.9 Å². The van der Waals surface area contributed by atoms with E-state index in [1.54, 1.807) is 12.1 Å². The van der Waals surface area contributed by atoms with E-state index >= 15 is 4.39 Å². The molecule has 0 aliphatic heterocycles. The summed E-state index contributed by atoms with van der Waals surface area (Å²) in [6.07, 6.45) is 0. The van der Waals surface area contributed by atoms with E-state index in [-0.39, 0.29) is 45.1 Å². The summed E-state index contributed by atoms with van der Waals surface area (Å²) in [5, 5.41) is 0. The second-order valence-electron chi connectivity index (χ2n) is 10.2. The van der Waals surface area contributed by atoms with Gasteiger partial charge in [0.1, 0.15) is 17.1 Å². The normalized spacial score (nSPS) is 9.72. The lowest BCUT2D eigenvalue weighted by atomic mass is 10.1. The molecule has 8 nitrogen and oxygen atoms in total. The first-order valence-corrected chi connectivity index (χ1v) is 13.8. The Balaban J connectivity index is 2.12. The molecule has 0 N–H and O–H groups in total. The van der Waals surface area contributed by atoms with Crippen molar-refractivity contribution in [2.45, 2.75) is 27.7 Å². The van der Waals surface area contributed by atoms with Gasteiger partial charge in [-0.2, -0.15) is 0 Å². The molecule has 0 bridgehead atoms. The third-order valence-corrected chi connectivity index (χ3v) is 5.78. The van der Waals surface area contributed by atoms with Crippen LogP contribution in [-0.4, -0.2) is 23.9 Å². The molecule has 0 fully saturated rings. The van der Waals surface area contributed by atoms with Crippen LogP contribution in [0.5, 0.6) is 23.0 Å². The molecule has 3 rings (SSSR count). The van der Waals surface area contributed by atoms with Gasteiger partial charge in [0.05, 0.1) is 5.56 Å². The van der Waals surface area contributed by atoms with Crippen LogP contribution in [0, 0.1) is 29.5 Å². The van der Waals surface area contributed by atoms with Crippen molar-refractivity contribution in [1.29, 1.82) is 0 Å². The standard InChI is InChI=1S/C38H29FO8/c1-22(2)35(40)44-29-16-10-26(11-17-29)9-15-28-21-32(46-37(42)24(5)6)31(33(39)34(28)47-38(43)25(7)8)20-14-27-12-18-30(19-13-27)45-36(41)23(3)4/h10-13,16-19,21H,1,3,5,7H2,2,4,6,8H3. The summed E-state index contributed by atoms with van der Waals surface area (Å²) in [7, 11) is 0. The number of benzene rings is 3. The van der Waals surface area contributed by atoms with Gasteiger partial charge in [0.25, 0.3) is 0 Å². The SMILES string of the molecule is C=C(C)C(=O)Oc1ccc(C#Cc2cc(OC(=O)C(=C)C)c(C#Cc3ccc(OC(=O)C(=C)C)cc3)c(F)c2OC(=O)C(=C)C)cc1. The van der Waals surface area contributed by atoms with Gasteiger partial charge in [-0.05, 0) is 76.2 Å². The van der Waals surface area contributed by atoms with Crippen molar-refractivity contribution in [3.63, 3.8) is 0 Å². The van der Waals surface area contributed by atoms with Crippen molar-refractivity contribution in [2.75, 3.05) is 0 Å². The van der Waals surface area contributed by atoms with Gasteiger partial charge in [0.15, 0.2) is 17.3 Å². The molecule has 0 saturated carbocycles. The van der Waals surface area contributed by atoms with Gasteiger partial charge in [0.2, 0.25) is 0 Å². The minimum absolute atomic E-state index is 0.0129. The zero-order valence-corrected chi connectivity index (χ0v) is 26.2. The smallest absolute Gasteiger partial charge is 0.338 e. The highest BCUT2D eigenvalue weighted by Gasteiger charge is 2.23. The molecule has 0 spiro atoms. The fourth-order valence-electron chi connectivity index (χ4n) is 3.24. The van der Waals surface area contributed by atoms with E-state index in [0.29, 0.717) is 11.1 Å². The van der Waals surface area contributed by atoms with E-state index in [4.69, 9.17) is 18.9 Å². The fourth-order valence-corrected chi connectivity index (χ4v) is 3.24. The lowest BCUT2D eigenvalue weighted by Gasteiger charge is -2.13. The molecule has 3 aromatic carbocycles. The first kappa shape index (κ1) is 35.0. The fraction of sp³-hybridized carbons (Fsp3) is 0.105. The van der Waals surface area contributed by atoms with Crippen LogP contribution in [0.2, 0.25) is 0 Å². The van der Waals surface area contributed by atoms with Crippen LogP contribution < -0.4 is 18.9 Å². The van der Waals surface area contributed by atoms with Gasteiger partial charge in [-0.25, -0.2) is 23.6 Å². The number of carbonyl (C=O) groups excluding carboxylic acids is 4. The minimum Gasteiger partial charge on any atom is -0.423 e. The van der Waals surface area contributed by atoms with E-state index in [2.05, 4.69) is 50.0 Å². The second kappa shape index (κ2) is 15.5. The van der Waals surface area contributed by atoms with Crippen LogP contribution in [0.3, 0.4) is 0 Å². The molecule has 0 atom stereocenters. The first-order chi connectivity index (χ1) is 22.2. The number of carbonyl (C=O) groups is 4. The van der Waals surface area contributed by atoms with Crippen LogP contribution in [-0.2, 0) is 19.2 Å². The van der Waals surface area contributed by atoms with Gasteiger partial charge < -0.3 is 18.9 Å². The maximum atomic E-state index is 16.2. The Labute approximate surface area is 271 Å². The molecule has 0 heterocycles. The van der Waals surface area contributed by atoms with Crippen molar-refractivity contribution in [3.8, 4) is 46.7 Å². The molecule has 0 amide bonds. The largest absolute Gasteiger partial charge is 0.423 e. The Hall–Kier alpha value is -6.45. The van der Waals surface area contributed by atoms with Gasteiger partial charge in [0, 0.05) is 39.5 Å². The Bertz CT molecular complexity index is 1960. The predicted molar refractivity (Wildman–Crippen MR) is 173 cm³/mol. The van der Waals surface area contributed by atoms with Gasteiger partial charge in [-0.3, -0.25) is 0 Å². The Morgan fingerprint density at radius 2 is 0.936 bits per heavy atom. The summed E-state index contributed by atoms with van der Waals surface area (Å²) in [5.41, 5.74) is 0.728. The summed E-state index contributed by atoms with van der Waals surface area (Å²) in [5.74, 6) is 6.45. The number of hydrogen-bond acceptors (Lipinski definition) is 8. The molecule has 0 radical (unpaired) electrons. The Morgan fingerprint density at radius 1 is 0.553 bits per heavy atom. The number of ether oxygens (including phenoxy) is 4. The van der Waals surface area contributed by atoms with E-state index in [1.165, 1.54) is 70.2 Å². The lowest BCUT2D eigenvalue weighted by molar-refractivity contribution is -0.131. The maximum absolute atomic E-state index is 16.2. The van der Waals surface area contributed by atoms with Gasteiger partial charge in [-0.15, -0.1) is 0 Å². The number of rotatable bonds is 8. The highest BCUT2D eigenvalue weighted by atomic mass is 19.1. The molecular weight excluding hydrogens is 603 g/mol. The zero-order valence-electron chi connectivity index (χ0n) is 26.2. The molecule has 0 unspecified atom stereocenters. The van der Waals surface area contributed by atoms with E-state index in [9.17, 15) is 19.2 Å². The molecule has 47 heavy (non-hydrogen) atoms. The molecule has 0 aliphatic carbocycles. The van der Waals surface area contributed by atoms with Crippen molar-refractivity contribution < 1.29 is 42.5 Å². The third-order valence-electron chi connectivity index (χ3n) is 5.78. The van der Waals surface area contributed by atoms with E-state index in [0.717, 1.165) is 0 Å². The molecule has 0 aliphatic rings. The van der Waals surface area contributed by atoms with Gasteiger partial charge >= 0.3 is 23.9 Å². The minimum atomic E-state index is -1.13. The summed E-state index contributed by atoms with van der Waals surface area (Å²) < 4.78 is 37.3. The van der Waals surface area contributed by atoms with Crippen molar-refractivity contribution in [1.82, 2.24) is 0 Å². The summed E-state index contributed by atoms with van der Waals surface area (Å²) in [6.45, 7) is 20.0. The lowest BCUT2D eigenvalue weighted by Crippen LogP contribution is -2.14. The monoisotopic (exact) mass is 632 g/mol. The number of halogens is 1. The van der Waals surface area contributed by atoms with Crippen LogP contribution >= 0.6 is 0 Å². The quantitative estimate of drug-likeness (QED) is 0.119. The Morgan fingerprint density at radius 3 is 1.36 bits per heavy atom. The summed E-state index contributed by atoms with van der Waals surface area (Å²) >= 11 is 0. The van der Waals surface area contributed by atoms with Crippen molar-refractivity contribution in [3.05, 3.63) is 131 Å². The zero-order chi connectivity index (χ0) is 34.8. The highest BCUT2D eigenvalue weighted by molar-refractivity contribution is 5.91. The van der Waals surface area contributed by atoms with E-state index < -0.39 is 41.0 Å². The van der Waals surface area contributed by atoms with Crippen LogP contribution in [0.15, 0.2) is 103 Å². The Kier molecular flexibility index (Phi) is 11.6. The average molecular weight is 633 g/mol. The summed E-state index contributed by atoms with van der Waals surface area (Å²) in [4.78, 5) is 48.6. The van der Waals surface area contributed by atoms with Crippen LogP contribution in [0.25, 0.3) is 0 Å². The molecule has 236 valence electrons. The highest BCUT2D eigenvalue weighted by Crippen LogP contribution is 2.34. The predicted octanol–water partition coefficient (Wildman–Crippen LogP) is 6.55. The van der Waals surface area contributed by atoms with E-state index in [1.807, 2.05) is 0 Å². The van der Waals surface area contributed by atoms with Crippen molar-refractivity contribution >= 4 is 23.9 Å². The van der Waals surface area contributed by atoms with Crippen LogP contribution in [0.4, 0.5) is 4.39 Å². The molecular formula is C38H29FO8. The molecule has 9 heteroatoms. The number of hydrogen-bond donors (Lipinski definition) is 0. The van der Waals surface area contributed by atoms with Crippen molar-refractivity contribution in [2.24, 2.45) is 0 Å². The second-order valence-corrected chi connectivity index (χ2v) is 10.2. The summed E-state index contributed by atoms with van der Waals surface area (Å²) in [6, 6.07) is 13.3. The third kappa shape index (κ3) is 9.77. The number of esters is 4. The molecule has 0 aromatic heterocycles. The topological polar surface area (TPSA) is 105 Å². The first-order valence-electron chi connectivity index (χ1n) is 13.8.